The molecular formula is C15H11ClO4S. The highest BCUT2D eigenvalue weighted by Gasteiger charge is 2.18. The summed E-state index contributed by atoms with van der Waals surface area (Å²) >= 11 is 7.21. The molecule has 0 radical (unpaired) electrons. The summed E-state index contributed by atoms with van der Waals surface area (Å²) in [6, 6.07) is 9.08. The minimum atomic E-state index is -1.58. The first-order valence-electron chi connectivity index (χ1n) is 6.07. The standard InChI is InChI=1S/C15H11ClO4S/c16-11-3-1-9(2-4-11)5-12-6-10(8-21-12)13(17)7-14(18)15(19)20/h1-4,6,8H,5,7H2,(H,19,20). The first kappa shape index (κ1) is 15.4. The van der Waals surface area contributed by atoms with Gasteiger partial charge in [0.25, 0.3) is 0 Å². The molecule has 0 atom stereocenters. The number of halogens is 1. The molecule has 0 aliphatic heterocycles. The van der Waals surface area contributed by atoms with Crippen molar-refractivity contribution in [2.45, 2.75) is 12.8 Å². The van der Waals surface area contributed by atoms with E-state index >= 15 is 0 Å². The van der Waals surface area contributed by atoms with Crippen LogP contribution >= 0.6 is 22.9 Å². The molecule has 6 heteroatoms. The number of carbonyl (C=O) groups excluding carboxylic acids is 2. The Bertz CT molecular complexity index is 688. The molecular weight excluding hydrogens is 312 g/mol. The monoisotopic (exact) mass is 322 g/mol. The normalized spacial score (nSPS) is 10.3. The van der Waals surface area contributed by atoms with Gasteiger partial charge < -0.3 is 5.11 Å². The van der Waals surface area contributed by atoms with Crippen LogP contribution < -0.4 is 0 Å². The van der Waals surface area contributed by atoms with Crippen LogP contribution in [0.4, 0.5) is 0 Å². The number of benzene rings is 1. The van der Waals surface area contributed by atoms with Crippen LogP contribution in [0, 0.1) is 0 Å². The average molecular weight is 323 g/mol. The van der Waals surface area contributed by atoms with Crippen molar-refractivity contribution in [3.05, 3.63) is 56.7 Å². The first-order chi connectivity index (χ1) is 9.95. The molecule has 21 heavy (non-hydrogen) atoms. The van der Waals surface area contributed by atoms with Crippen LogP contribution in [0.3, 0.4) is 0 Å². The number of hydrogen-bond acceptors (Lipinski definition) is 4. The lowest BCUT2D eigenvalue weighted by Crippen LogP contribution is -2.16. The fourth-order valence-corrected chi connectivity index (χ4v) is 2.80. The number of aliphatic carboxylic acids is 1. The summed E-state index contributed by atoms with van der Waals surface area (Å²) < 4.78 is 0. The van der Waals surface area contributed by atoms with E-state index in [0.29, 0.717) is 17.0 Å². The number of rotatable bonds is 6. The zero-order valence-electron chi connectivity index (χ0n) is 10.8. The number of thiophene rings is 1. The van der Waals surface area contributed by atoms with E-state index in [1.807, 2.05) is 12.1 Å². The Balaban J connectivity index is 2.04. The molecule has 1 N–H and O–H groups in total. The van der Waals surface area contributed by atoms with E-state index in [-0.39, 0.29) is 0 Å². The third-order valence-corrected chi connectivity index (χ3v) is 4.02. The van der Waals surface area contributed by atoms with Gasteiger partial charge in [0.2, 0.25) is 5.78 Å². The van der Waals surface area contributed by atoms with Gasteiger partial charge in [-0.3, -0.25) is 9.59 Å². The molecule has 108 valence electrons. The van der Waals surface area contributed by atoms with Crippen molar-refractivity contribution in [2.24, 2.45) is 0 Å². The molecule has 0 aliphatic carbocycles. The van der Waals surface area contributed by atoms with Crippen molar-refractivity contribution < 1.29 is 19.5 Å². The van der Waals surface area contributed by atoms with Gasteiger partial charge in [-0.2, -0.15) is 0 Å². The molecule has 0 spiro atoms. The highest BCUT2D eigenvalue weighted by atomic mass is 35.5. The summed E-state index contributed by atoms with van der Waals surface area (Å²) in [6.07, 6.45) is 0.0500. The molecule has 2 rings (SSSR count). The van der Waals surface area contributed by atoms with E-state index in [4.69, 9.17) is 16.7 Å². The molecule has 1 aromatic carbocycles. The summed E-state index contributed by atoms with van der Waals surface area (Å²) in [6.45, 7) is 0. The van der Waals surface area contributed by atoms with Gasteiger partial charge >= 0.3 is 5.97 Å². The predicted octanol–water partition coefficient (Wildman–Crippen LogP) is 3.22. The Morgan fingerprint density at radius 3 is 2.43 bits per heavy atom. The maximum Gasteiger partial charge on any atom is 0.372 e. The van der Waals surface area contributed by atoms with Crippen LogP contribution in [-0.4, -0.2) is 22.6 Å². The topological polar surface area (TPSA) is 71.4 Å². The van der Waals surface area contributed by atoms with Crippen LogP contribution in [0.5, 0.6) is 0 Å². The van der Waals surface area contributed by atoms with Crippen molar-refractivity contribution in [3.8, 4) is 0 Å². The lowest BCUT2D eigenvalue weighted by Gasteiger charge is -1.98. The predicted molar refractivity (Wildman–Crippen MR) is 80.2 cm³/mol. The van der Waals surface area contributed by atoms with Gasteiger partial charge in [0.1, 0.15) is 0 Å². The van der Waals surface area contributed by atoms with Crippen LogP contribution in [0.1, 0.15) is 27.2 Å². The maximum atomic E-state index is 11.8. The Morgan fingerprint density at radius 1 is 1.14 bits per heavy atom. The van der Waals surface area contributed by atoms with E-state index in [1.54, 1.807) is 23.6 Å². The third-order valence-electron chi connectivity index (χ3n) is 2.83. The average Bonchev–Trinajstić information content (AvgIpc) is 2.90. The summed E-state index contributed by atoms with van der Waals surface area (Å²) in [5.74, 6) is -3.15. The molecule has 0 amide bonds. The Kier molecular flexibility index (Phi) is 4.88. The minimum Gasteiger partial charge on any atom is -0.475 e. The van der Waals surface area contributed by atoms with Gasteiger partial charge in [-0.1, -0.05) is 23.7 Å². The second-order valence-electron chi connectivity index (χ2n) is 4.43. The van der Waals surface area contributed by atoms with E-state index < -0.39 is 24.0 Å². The van der Waals surface area contributed by atoms with Crippen LogP contribution in [0.25, 0.3) is 0 Å². The summed E-state index contributed by atoms with van der Waals surface area (Å²) in [5, 5.41) is 10.8. The maximum absolute atomic E-state index is 11.8. The molecule has 1 heterocycles. The second kappa shape index (κ2) is 6.65. The van der Waals surface area contributed by atoms with E-state index in [9.17, 15) is 14.4 Å². The van der Waals surface area contributed by atoms with Crippen molar-refractivity contribution in [1.82, 2.24) is 0 Å². The second-order valence-corrected chi connectivity index (χ2v) is 5.87. The molecule has 0 aliphatic rings. The van der Waals surface area contributed by atoms with Crippen molar-refractivity contribution in [2.75, 3.05) is 0 Å². The van der Waals surface area contributed by atoms with E-state index in [0.717, 1.165) is 10.4 Å². The Hall–Kier alpha value is -1.98. The molecule has 2 aromatic rings. The molecule has 0 saturated heterocycles. The number of carboxylic acid groups (broad SMARTS) is 1. The van der Waals surface area contributed by atoms with Gasteiger partial charge in [0, 0.05) is 27.3 Å². The van der Waals surface area contributed by atoms with Crippen molar-refractivity contribution in [3.63, 3.8) is 0 Å². The summed E-state index contributed by atoms with van der Waals surface area (Å²) in [4.78, 5) is 34.2. The SMILES string of the molecule is O=C(O)C(=O)CC(=O)c1csc(Cc2ccc(Cl)cc2)c1. The zero-order valence-corrected chi connectivity index (χ0v) is 12.4. The number of ketones is 2. The van der Waals surface area contributed by atoms with Gasteiger partial charge in [-0.15, -0.1) is 11.3 Å². The Morgan fingerprint density at radius 2 is 1.81 bits per heavy atom. The highest BCUT2D eigenvalue weighted by molar-refractivity contribution is 7.10. The largest absolute Gasteiger partial charge is 0.475 e. The number of hydrogen-bond donors (Lipinski definition) is 1. The van der Waals surface area contributed by atoms with E-state index in [1.165, 1.54) is 11.3 Å². The minimum absolute atomic E-state index is 0.374. The van der Waals surface area contributed by atoms with Gasteiger partial charge in [0.05, 0.1) is 6.42 Å². The number of Topliss-reactive ketones (excluding diaryl/α,β-unsaturated/α-hetero) is 2. The third kappa shape index (κ3) is 4.24. The molecule has 0 fully saturated rings. The molecule has 0 saturated carbocycles. The molecule has 1 aromatic heterocycles. The fraction of sp³-hybridized carbons (Fsp3) is 0.133. The van der Waals surface area contributed by atoms with Crippen LogP contribution in [-0.2, 0) is 16.0 Å². The van der Waals surface area contributed by atoms with Gasteiger partial charge in [-0.05, 0) is 23.8 Å². The lowest BCUT2D eigenvalue weighted by molar-refractivity contribution is -0.148. The zero-order chi connectivity index (χ0) is 15.4. The number of carbonyl (C=O) groups is 3. The fourth-order valence-electron chi connectivity index (χ4n) is 1.75. The quantitative estimate of drug-likeness (QED) is 0.503. The first-order valence-corrected chi connectivity index (χ1v) is 7.32. The molecule has 0 unspecified atom stereocenters. The van der Waals surface area contributed by atoms with E-state index in [2.05, 4.69) is 0 Å². The van der Waals surface area contributed by atoms with Crippen molar-refractivity contribution in [1.29, 1.82) is 0 Å². The van der Waals surface area contributed by atoms with Gasteiger partial charge in [-0.25, -0.2) is 4.79 Å². The van der Waals surface area contributed by atoms with Crippen LogP contribution in [0.2, 0.25) is 5.02 Å². The van der Waals surface area contributed by atoms with Crippen LogP contribution in [0.15, 0.2) is 35.7 Å². The lowest BCUT2D eigenvalue weighted by atomic mass is 10.1. The highest BCUT2D eigenvalue weighted by Crippen LogP contribution is 2.21. The molecule has 0 bridgehead atoms. The van der Waals surface area contributed by atoms with Crippen molar-refractivity contribution >= 4 is 40.5 Å². The summed E-state index contributed by atoms with van der Waals surface area (Å²) in [5.41, 5.74) is 1.43. The smallest absolute Gasteiger partial charge is 0.372 e. The summed E-state index contributed by atoms with van der Waals surface area (Å²) in [7, 11) is 0. The molecule has 4 nitrogen and oxygen atoms in total. The Labute approximate surface area is 130 Å². The number of carboxylic acids is 1. The van der Waals surface area contributed by atoms with Gasteiger partial charge in [0.15, 0.2) is 5.78 Å².